The Morgan fingerprint density at radius 1 is 1.18 bits per heavy atom. The smallest absolute Gasteiger partial charge is 0.139 e. The number of halogens is 1. The Balaban J connectivity index is 0.000000354. The molecule has 2 aliphatic carbocycles. The molecule has 1 aromatic rings. The summed E-state index contributed by atoms with van der Waals surface area (Å²) >= 11 is 0. The van der Waals surface area contributed by atoms with Gasteiger partial charge in [-0.25, -0.2) is 14.4 Å². The van der Waals surface area contributed by atoms with E-state index in [1.165, 1.54) is 6.42 Å². The monoisotopic (exact) mass is 463 g/mol. The molecule has 0 unspecified atom stereocenters. The average molecular weight is 464 g/mol. The van der Waals surface area contributed by atoms with Gasteiger partial charge in [-0.15, -0.1) is 0 Å². The van der Waals surface area contributed by atoms with Crippen LogP contribution in [0.25, 0.3) is 6.08 Å². The SMILES string of the molecule is C=C/C=C\c1c(C)ncnc1N(C)C1CC(CCO)C1.CCC1CCC(F)(CC)CC1.CO. The molecule has 188 valence electrons. The standard InChI is InChI=1S/C16H23N3O.C10H19F.CH4O/c1-4-5-6-15-12(2)17-11-18-16(15)19(3)14-9-13(10-14)7-8-20;1-3-9-5-7-10(11,4-2)8-6-9;1-2/h4-6,11,13-14,20H,1,7-10H2,2-3H3;9H,3-8H2,1-2H3;2H,1H3/b6-5-;;. The normalized spacial score (nSPS) is 26.4. The molecule has 1 heterocycles. The highest BCUT2D eigenvalue weighted by atomic mass is 19.1. The second kappa shape index (κ2) is 15.2. The number of alkyl halides is 1. The highest BCUT2D eigenvalue weighted by Gasteiger charge is 2.33. The Morgan fingerprint density at radius 2 is 1.82 bits per heavy atom. The van der Waals surface area contributed by atoms with Crippen molar-refractivity contribution in [1.82, 2.24) is 9.97 Å². The first-order valence-corrected chi connectivity index (χ1v) is 12.4. The number of hydrogen-bond donors (Lipinski definition) is 2. The van der Waals surface area contributed by atoms with Crippen LogP contribution >= 0.6 is 0 Å². The van der Waals surface area contributed by atoms with Crippen LogP contribution in [0.5, 0.6) is 0 Å². The first-order chi connectivity index (χ1) is 15.9. The van der Waals surface area contributed by atoms with E-state index in [1.807, 2.05) is 26.0 Å². The molecular formula is C27H46FN3O2. The molecule has 0 saturated heterocycles. The number of aliphatic hydroxyl groups excluding tert-OH is 2. The van der Waals surface area contributed by atoms with E-state index < -0.39 is 5.67 Å². The third-order valence-corrected chi connectivity index (χ3v) is 7.30. The van der Waals surface area contributed by atoms with Crippen LogP contribution in [0.2, 0.25) is 0 Å². The molecule has 2 aliphatic rings. The fraction of sp³-hybridized carbons (Fsp3) is 0.704. The van der Waals surface area contributed by atoms with Gasteiger partial charge < -0.3 is 15.1 Å². The van der Waals surface area contributed by atoms with Crippen LogP contribution in [0.4, 0.5) is 10.2 Å². The van der Waals surface area contributed by atoms with Crippen LogP contribution in [-0.4, -0.2) is 52.7 Å². The molecule has 0 amide bonds. The van der Waals surface area contributed by atoms with Crippen molar-refractivity contribution < 1.29 is 14.6 Å². The molecule has 5 nitrogen and oxygen atoms in total. The average Bonchev–Trinajstić information content (AvgIpc) is 2.82. The maximum absolute atomic E-state index is 13.6. The van der Waals surface area contributed by atoms with Crippen molar-refractivity contribution in [3.8, 4) is 0 Å². The molecule has 0 radical (unpaired) electrons. The zero-order valence-electron chi connectivity index (χ0n) is 21.4. The molecule has 0 aromatic carbocycles. The van der Waals surface area contributed by atoms with E-state index in [0.29, 0.717) is 25.0 Å². The minimum atomic E-state index is -0.800. The maximum atomic E-state index is 13.6. The molecule has 0 spiro atoms. The van der Waals surface area contributed by atoms with Crippen LogP contribution in [-0.2, 0) is 0 Å². The predicted octanol–water partition coefficient (Wildman–Crippen LogP) is 5.89. The fourth-order valence-electron chi connectivity index (χ4n) is 4.68. The lowest BCUT2D eigenvalue weighted by Gasteiger charge is -2.42. The van der Waals surface area contributed by atoms with E-state index in [9.17, 15) is 4.39 Å². The molecule has 2 fully saturated rings. The predicted molar refractivity (Wildman–Crippen MR) is 137 cm³/mol. The van der Waals surface area contributed by atoms with Crippen molar-refractivity contribution in [3.63, 3.8) is 0 Å². The molecule has 6 heteroatoms. The fourth-order valence-corrected chi connectivity index (χ4v) is 4.68. The van der Waals surface area contributed by atoms with Gasteiger partial charge in [-0.1, -0.05) is 39.0 Å². The molecule has 1 aromatic heterocycles. The van der Waals surface area contributed by atoms with Gasteiger partial charge in [0.2, 0.25) is 0 Å². The number of nitrogens with zero attached hydrogens (tertiary/aromatic N) is 3. The quantitative estimate of drug-likeness (QED) is 0.470. The summed E-state index contributed by atoms with van der Waals surface area (Å²) in [5, 5.41) is 16.0. The molecule has 3 rings (SSSR count). The summed E-state index contributed by atoms with van der Waals surface area (Å²) in [4.78, 5) is 11.0. The number of allylic oxidation sites excluding steroid dienone is 2. The molecule has 0 bridgehead atoms. The third-order valence-electron chi connectivity index (χ3n) is 7.30. The van der Waals surface area contributed by atoms with E-state index in [-0.39, 0.29) is 0 Å². The lowest BCUT2D eigenvalue weighted by Crippen LogP contribution is -2.43. The minimum absolute atomic E-state index is 0.293. The van der Waals surface area contributed by atoms with Crippen molar-refractivity contribution in [1.29, 1.82) is 0 Å². The van der Waals surface area contributed by atoms with Gasteiger partial charge in [0.05, 0.1) is 5.69 Å². The van der Waals surface area contributed by atoms with E-state index in [1.54, 1.807) is 12.4 Å². The molecule has 0 atom stereocenters. The van der Waals surface area contributed by atoms with Crippen LogP contribution < -0.4 is 4.90 Å². The van der Waals surface area contributed by atoms with E-state index in [4.69, 9.17) is 10.2 Å². The summed E-state index contributed by atoms with van der Waals surface area (Å²) < 4.78 is 13.6. The zero-order chi connectivity index (χ0) is 24.9. The summed E-state index contributed by atoms with van der Waals surface area (Å²) in [5.74, 6) is 2.44. The lowest BCUT2D eigenvalue weighted by molar-refractivity contribution is 0.0786. The highest BCUT2D eigenvalue weighted by molar-refractivity contribution is 5.66. The van der Waals surface area contributed by atoms with E-state index in [0.717, 1.165) is 75.0 Å². The van der Waals surface area contributed by atoms with Crippen LogP contribution in [0, 0.1) is 18.8 Å². The van der Waals surface area contributed by atoms with Gasteiger partial charge in [0.1, 0.15) is 17.8 Å². The van der Waals surface area contributed by atoms with Crippen molar-refractivity contribution in [2.45, 2.75) is 90.3 Å². The number of aromatic nitrogens is 2. The van der Waals surface area contributed by atoms with Crippen molar-refractivity contribution >= 4 is 11.9 Å². The number of rotatable bonds is 8. The minimum Gasteiger partial charge on any atom is -0.400 e. The van der Waals surface area contributed by atoms with E-state index in [2.05, 4.69) is 35.4 Å². The van der Waals surface area contributed by atoms with E-state index >= 15 is 0 Å². The molecular weight excluding hydrogens is 417 g/mol. The molecule has 2 saturated carbocycles. The van der Waals surface area contributed by atoms with Gasteiger partial charge in [0.25, 0.3) is 0 Å². The summed E-state index contributed by atoms with van der Waals surface area (Å²) in [6.45, 7) is 10.2. The van der Waals surface area contributed by atoms with Crippen molar-refractivity contribution in [3.05, 3.63) is 36.3 Å². The largest absolute Gasteiger partial charge is 0.400 e. The summed E-state index contributed by atoms with van der Waals surface area (Å²) in [7, 11) is 3.09. The van der Waals surface area contributed by atoms with Crippen LogP contribution in [0.3, 0.4) is 0 Å². The van der Waals surface area contributed by atoms with Gasteiger partial charge in [-0.05, 0) is 76.2 Å². The zero-order valence-corrected chi connectivity index (χ0v) is 21.4. The first-order valence-electron chi connectivity index (χ1n) is 12.4. The lowest BCUT2D eigenvalue weighted by atomic mass is 9.77. The number of hydrogen-bond acceptors (Lipinski definition) is 5. The van der Waals surface area contributed by atoms with Gasteiger partial charge in [-0.3, -0.25) is 0 Å². The van der Waals surface area contributed by atoms with Gasteiger partial charge in [-0.2, -0.15) is 0 Å². The summed E-state index contributed by atoms with van der Waals surface area (Å²) in [6, 6.07) is 0.511. The van der Waals surface area contributed by atoms with Gasteiger partial charge in [0.15, 0.2) is 0 Å². The summed E-state index contributed by atoms with van der Waals surface area (Å²) in [5.41, 5.74) is 1.23. The third kappa shape index (κ3) is 8.82. The molecule has 2 N–H and O–H groups in total. The molecule has 33 heavy (non-hydrogen) atoms. The Labute approximate surface area is 200 Å². The van der Waals surface area contributed by atoms with Crippen molar-refractivity contribution in [2.24, 2.45) is 11.8 Å². The Hall–Kier alpha value is -1.79. The van der Waals surface area contributed by atoms with Crippen LogP contribution in [0.15, 0.2) is 25.1 Å². The maximum Gasteiger partial charge on any atom is 0.139 e. The second-order valence-electron chi connectivity index (χ2n) is 9.26. The summed E-state index contributed by atoms with van der Waals surface area (Å²) in [6.07, 6.45) is 16.3. The number of aryl methyl sites for hydroxylation is 1. The number of anilines is 1. The Bertz CT molecular complexity index is 711. The topological polar surface area (TPSA) is 69.5 Å². The van der Waals surface area contributed by atoms with Crippen LogP contribution in [0.1, 0.15) is 82.9 Å². The Morgan fingerprint density at radius 3 is 2.33 bits per heavy atom. The Kier molecular flexibility index (Phi) is 13.4. The van der Waals surface area contributed by atoms with Crippen molar-refractivity contribution in [2.75, 3.05) is 25.7 Å². The van der Waals surface area contributed by atoms with Gasteiger partial charge in [0, 0.05) is 32.4 Å². The molecule has 0 aliphatic heterocycles. The number of aliphatic hydroxyl groups is 2. The second-order valence-corrected chi connectivity index (χ2v) is 9.26. The highest BCUT2D eigenvalue weighted by Crippen LogP contribution is 2.38. The van der Waals surface area contributed by atoms with Gasteiger partial charge >= 0.3 is 0 Å². The first kappa shape index (κ1) is 29.2.